The Hall–Kier alpha value is -1.80. The minimum Gasteiger partial charge on any atom is -0.490 e. The number of hydrogen-bond donors (Lipinski definition) is 1. The zero-order chi connectivity index (χ0) is 12.4. The molecule has 1 unspecified atom stereocenters. The zero-order valence-corrected chi connectivity index (χ0v) is 10.1. The number of benzene rings is 2. The summed E-state index contributed by atoms with van der Waals surface area (Å²) in [6.07, 6.45) is 2.17. The Balaban J connectivity index is 1.75. The Kier molecular flexibility index (Phi) is 3.03. The van der Waals surface area contributed by atoms with Crippen molar-refractivity contribution in [2.24, 2.45) is 0 Å². The fraction of sp³-hybridized carbons (Fsp3) is 0.250. The second-order valence-electron chi connectivity index (χ2n) is 4.70. The molecular weight excluding hydrogens is 224 g/mol. The molecule has 0 radical (unpaired) electrons. The summed E-state index contributed by atoms with van der Waals surface area (Å²) in [7, 11) is 0. The summed E-state index contributed by atoms with van der Waals surface area (Å²) in [6, 6.07) is 17.4. The lowest BCUT2D eigenvalue weighted by Gasteiger charge is -2.12. The van der Waals surface area contributed by atoms with E-state index in [0.29, 0.717) is 6.10 Å². The molecule has 2 heteroatoms. The van der Waals surface area contributed by atoms with Gasteiger partial charge in [0, 0.05) is 0 Å². The van der Waals surface area contributed by atoms with Crippen molar-refractivity contribution in [2.45, 2.75) is 25.0 Å². The fourth-order valence-electron chi connectivity index (χ4n) is 1.93. The molecule has 1 aliphatic carbocycles. The van der Waals surface area contributed by atoms with Crippen LogP contribution >= 0.6 is 0 Å². The molecule has 0 spiro atoms. The molecule has 0 aromatic heterocycles. The van der Waals surface area contributed by atoms with Crippen LogP contribution in [-0.4, -0.2) is 11.2 Å². The lowest BCUT2D eigenvalue weighted by molar-refractivity contribution is 0.220. The van der Waals surface area contributed by atoms with E-state index >= 15 is 0 Å². The monoisotopic (exact) mass is 240 g/mol. The highest BCUT2D eigenvalue weighted by atomic mass is 16.5. The second-order valence-corrected chi connectivity index (χ2v) is 4.70. The SMILES string of the molecule is OC(c1ccccc1)c1ccc(OC2CC2)cc1. The van der Waals surface area contributed by atoms with Gasteiger partial charge in [0.2, 0.25) is 0 Å². The van der Waals surface area contributed by atoms with Crippen molar-refractivity contribution in [3.8, 4) is 5.75 Å². The van der Waals surface area contributed by atoms with Crippen LogP contribution in [0, 0.1) is 0 Å². The molecule has 3 rings (SSSR count). The van der Waals surface area contributed by atoms with Crippen LogP contribution in [0.4, 0.5) is 0 Å². The summed E-state index contributed by atoms with van der Waals surface area (Å²) in [5.41, 5.74) is 1.80. The van der Waals surface area contributed by atoms with Gasteiger partial charge in [-0.25, -0.2) is 0 Å². The number of ether oxygens (including phenoxy) is 1. The molecule has 18 heavy (non-hydrogen) atoms. The first kappa shape index (κ1) is 11.3. The first-order valence-electron chi connectivity index (χ1n) is 6.32. The highest BCUT2D eigenvalue weighted by molar-refractivity contribution is 5.34. The summed E-state index contributed by atoms with van der Waals surface area (Å²) < 4.78 is 5.68. The molecule has 92 valence electrons. The molecule has 0 saturated heterocycles. The van der Waals surface area contributed by atoms with Crippen LogP contribution in [0.2, 0.25) is 0 Å². The number of hydrogen-bond acceptors (Lipinski definition) is 2. The second kappa shape index (κ2) is 4.83. The molecule has 1 N–H and O–H groups in total. The molecule has 2 nitrogen and oxygen atoms in total. The highest BCUT2D eigenvalue weighted by Crippen LogP contribution is 2.28. The van der Waals surface area contributed by atoms with Crippen molar-refractivity contribution in [2.75, 3.05) is 0 Å². The minimum absolute atomic E-state index is 0.412. The van der Waals surface area contributed by atoms with Crippen molar-refractivity contribution in [1.29, 1.82) is 0 Å². The lowest BCUT2D eigenvalue weighted by atomic mass is 10.0. The van der Waals surface area contributed by atoms with Gasteiger partial charge in [-0.1, -0.05) is 42.5 Å². The van der Waals surface area contributed by atoms with Crippen LogP contribution in [0.1, 0.15) is 30.1 Å². The standard InChI is InChI=1S/C16H16O2/c17-16(12-4-2-1-3-5-12)13-6-8-14(9-7-13)18-15-10-11-15/h1-9,15-17H,10-11H2. The number of aliphatic hydroxyl groups is 1. The van der Waals surface area contributed by atoms with Gasteiger partial charge in [-0.2, -0.15) is 0 Å². The highest BCUT2D eigenvalue weighted by Gasteiger charge is 2.23. The maximum Gasteiger partial charge on any atom is 0.119 e. The fourth-order valence-corrected chi connectivity index (χ4v) is 1.93. The first-order chi connectivity index (χ1) is 8.83. The normalized spacial score (nSPS) is 16.3. The van der Waals surface area contributed by atoms with Crippen molar-refractivity contribution in [3.05, 3.63) is 65.7 Å². The zero-order valence-electron chi connectivity index (χ0n) is 10.1. The van der Waals surface area contributed by atoms with Gasteiger partial charge >= 0.3 is 0 Å². The van der Waals surface area contributed by atoms with Gasteiger partial charge in [0.15, 0.2) is 0 Å². The Morgan fingerprint density at radius 2 is 1.50 bits per heavy atom. The summed E-state index contributed by atoms with van der Waals surface area (Å²) >= 11 is 0. The molecule has 0 aliphatic heterocycles. The van der Waals surface area contributed by atoms with E-state index in [1.54, 1.807) is 0 Å². The van der Waals surface area contributed by atoms with Gasteiger partial charge in [0.25, 0.3) is 0 Å². The van der Waals surface area contributed by atoms with Crippen LogP contribution in [-0.2, 0) is 0 Å². The van der Waals surface area contributed by atoms with Gasteiger partial charge in [-0.05, 0) is 36.1 Å². The Morgan fingerprint density at radius 1 is 0.889 bits per heavy atom. The minimum atomic E-state index is -0.568. The average Bonchev–Trinajstić information content (AvgIpc) is 3.24. The summed E-state index contributed by atoms with van der Waals surface area (Å²) in [5, 5.41) is 10.2. The van der Waals surface area contributed by atoms with E-state index in [9.17, 15) is 5.11 Å². The number of aliphatic hydroxyl groups excluding tert-OH is 1. The van der Waals surface area contributed by atoms with Gasteiger partial charge in [-0.3, -0.25) is 0 Å². The summed E-state index contributed by atoms with van der Waals surface area (Å²) in [5.74, 6) is 0.890. The van der Waals surface area contributed by atoms with Crippen LogP contribution in [0.25, 0.3) is 0 Å². The molecule has 1 saturated carbocycles. The van der Waals surface area contributed by atoms with E-state index in [2.05, 4.69) is 0 Å². The van der Waals surface area contributed by atoms with Crippen LogP contribution < -0.4 is 4.74 Å². The van der Waals surface area contributed by atoms with E-state index < -0.39 is 6.10 Å². The molecular formula is C16H16O2. The lowest BCUT2D eigenvalue weighted by Crippen LogP contribution is -2.00. The van der Waals surface area contributed by atoms with Crippen LogP contribution in [0.5, 0.6) is 5.75 Å². The summed E-state index contributed by atoms with van der Waals surface area (Å²) in [4.78, 5) is 0. The molecule has 1 atom stereocenters. The van der Waals surface area contributed by atoms with Crippen molar-refractivity contribution >= 4 is 0 Å². The molecule has 1 fully saturated rings. The van der Waals surface area contributed by atoms with Crippen molar-refractivity contribution in [3.63, 3.8) is 0 Å². The van der Waals surface area contributed by atoms with E-state index in [4.69, 9.17) is 4.74 Å². The third kappa shape index (κ3) is 2.54. The van der Waals surface area contributed by atoms with Crippen LogP contribution in [0.3, 0.4) is 0 Å². The van der Waals surface area contributed by atoms with Crippen molar-refractivity contribution in [1.82, 2.24) is 0 Å². The third-order valence-corrected chi connectivity index (χ3v) is 3.14. The summed E-state index contributed by atoms with van der Waals surface area (Å²) in [6.45, 7) is 0. The Morgan fingerprint density at radius 3 is 2.11 bits per heavy atom. The first-order valence-corrected chi connectivity index (χ1v) is 6.32. The molecule has 0 amide bonds. The maximum absolute atomic E-state index is 10.2. The predicted octanol–water partition coefficient (Wildman–Crippen LogP) is 3.31. The van der Waals surface area contributed by atoms with Gasteiger partial charge in [0.05, 0.1) is 6.10 Å². The molecule has 0 heterocycles. The smallest absolute Gasteiger partial charge is 0.119 e. The molecule has 0 bridgehead atoms. The average molecular weight is 240 g/mol. The van der Waals surface area contributed by atoms with E-state index in [1.807, 2.05) is 54.6 Å². The molecule has 2 aromatic rings. The van der Waals surface area contributed by atoms with Gasteiger partial charge < -0.3 is 9.84 Å². The van der Waals surface area contributed by atoms with Gasteiger partial charge in [0.1, 0.15) is 11.9 Å². The topological polar surface area (TPSA) is 29.5 Å². The molecule has 1 aliphatic rings. The van der Waals surface area contributed by atoms with E-state index in [-0.39, 0.29) is 0 Å². The predicted molar refractivity (Wildman–Crippen MR) is 70.6 cm³/mol. The van der Waals surface area contributed by atoms with Crippen molar-refractivity contribution < 1.29 is 9.84 Å². The quantitative estimate of drug-likeness (QED) is 0.888. The maximum atomic E-state index is 10.2. The molecule has 2 aromatic carbocycles. The van der Waals surface area contributed by atoms with E-state index in [0.717, 1.165) is 29.7 Å². The Bertz CT molecular complexity index is 500. The van der Waals surface area contributed by atoms with Gasteiger partial charge in [-0.15, -0.1) is 0 Å². The largest absolute Gasteiger partial charge is 0.490 e. The third-order valence-electron chi connectivity index (χ3n) is 3.14. The Labute approximate surface area is 107 Å². The van der Waals surface area contributed by atoms with E-state index in [1.165, 1.54) is 0 Å². The van der Waals surface area contributed by atoms with Crippen LogP contribution in [0.15, 0.2) is 54.6 Å². The number of rotatable bonds is 4.